The summed E-state index contributed by atoms with van der Waals surface area (Å²) in [6.07, 6.45) is 4.28. The molecule has 194 valence electrons. The van der Waals surface area contributed by atoms with Crippen LogP contribution in [0.2, 0.25) is 5.15 Å². The van der Waals surface area contributed by atoms with Crippen LogP contribution >= 0.6 is 11.6 Å². The van der Waals surface area contributed by atoms with Gasteiger partial charge in [-0.1, -0.05) is 25.4 Å². The zero-order chi connectivity index (χ0) is 25.4. The molecular weight excluding hydrogens is 487 g/mol. The molecule has 11 heteroatoms. The molecule has 4 aliphatic heterocycles. The highest BCUT2D eigenvalue weighted by molar-refractivity contribution is 6.30. The van der Waals surface area contributed by atoms with Gasteiger partial charge in [0.2, 0.25) is 0 Å². The lowest BCUT2D eigenvalue weighted by Crippen LogP contribution is -2.60. The van der Waals surface area contributed by atoms with Crippen LogP contribution in [0.5, 0.6) is 6.01 Å². The maximum atomic E-state index is 15.2. The SMILES string of the molecule is CC1CN2CC(C)CC2(COc2nc(N3C[C@@H]4CC[C@H]([C@H]3C)N4C(=O)O)c3cnc(Cl)c(F)c3n2)C1. The van der Waals surface area contributed by atoms with Crippen LogP contribution in [-0.2, 0) is 0 Å². The fourth-order valence-electron chi connectivity index (χ4n) is 7.42. The number of rotatable bonds is 4. The average molecular weight is 519 g/mol. The van der Waals surface area contributed by atoms with Crippen LogP contribution in [0, 0.1) is 17.7 Å². The van der Waals surface area contributed by atoms with Gasteiger partial charge in [-0.3, -0.25) is 9.80 Å². The zero-order valence-corrected chi connectivity index (χ0v) is 21.6. The van der Waals surface area contributed by atoms with Crippen molar-refractivity contribution in [2.75, 3.05) is 31.1 Å². The third-order valence-electron chi connectivity index (χ3n) is 8.76. The fourth-order valence-corrected chi connectivity index (χ4v) is 7.55. The molecule has 2 bridgehead atoms. The molecule has 0 spiro atoms. The lowest BCUT2D eigenvalue weighted by molar-refractivity contribution is 0.102. The largest absolute Gasteiger partial charge is 0.465 e. The van der Waals surface area contributed by atoms with Crippen LogP contribution in [0.4, 0.5) is 15.0 Å². The average Bonchev–Trinajstić information content (AvgIpc) is 3.43. The number of piperazine rings is 1. The molecule has 4 saturated heterocycles. The van der Waals surface area contributed by atoms with Crippen molar-refractivity contribution in [3.63, 3.8) is 0 Å². The molecule has 36 heavy (non-hydrogen) atoms. The number of anilines is 1. The summed E-state index contributed by atoms with van der Waals surface area (Å²) in [6.45, 7) is 9.56. The van der Waals surface area contributed by atoms with Crippen LogP contribution in [-0.4, -0.2) is 85.9 Å². The highest BCUT2D eigenvalue weighted by Gasteiger charge is 2.51. The van der Waals surface area contributed by atoms with Crippen LogP contribution < -0.4 is 9.64 Å². The summed E-state index contributed by atoms with van der Waals surface area (Å²) in [5.41, 5.74) is 0.0229. The maximum Gasteiger partial charge on any atom is 0.407 e. The third-order valence-corrected chi connectivity index (χ3v) is 9.02. The minimum Gasteiger partial charge on any atom is -0.465 e. The van der Waals surface area contributed by atoms with Gasteiger partial charge in [0.05, 0.1) is 23.0 Å². The maximum absolute atomic E-state index is 15.2. The van der Waals surface area contributed by atoms with E-state index in [1.165, 1.54) is 6.20 Å². The van der Waals surface area contributed by atoms with Crippen LogP contribution in [0.1, 0.15) is 46.5 Å². The quantitative estimate of drug-likeness (QED) is 0.606. The van der Waals surface area contributed by atoms with Crippen molar-refractivity contribution >= 4 is 34.4 Å². The van der Waals surface area contributed by atoms with E-state index in [1.54, 1.807) is 4.90 Å². The predicted molar refractivity (Wildman–Crippen MR) is 133 cm³/mol. The molecule has 6 rings (SSSR count). The lowest BCUT2D eigenvalue weighted by atomic mass is 9.89. The number of fused-ring (bicyclic) bond motifs is 4. The Labute approximate surface area is 214 Å². The van der Waals surface area contributed by atoms with Crippen LogP contribution in [0.3, 0.4) is 0 Å². The Morgan fingerprint density at radius 3 is 2.61 bits per heavy atom. The van der Waals surface area contributed by atoms with E-state index in [-0.39, 0.29) is 40.3 Å². The number of carbonyl (C=O) groups is 1. The summed E-state index contributed by atoms with van der Waals surface area (Å²) >= 11 is 6.02. The molecule has 6 heterocycles. The first-order valence-corrected chi connectivity index (χ1v) is 13.2. The molecule has 0 saturated carbocycles. The van der Waals surface area contributed by atoms with E-state index in [2.05, 4.69) is 33.6 Å². The Morgan fingerprint density at radius 1 is 1.19 bits per heavy atom. The first kappa shape index (κ1) is 23.9. The van der Waals surface area contributed by atoms with Gasteiger partial charge >= 0.3 is 12.1 Å². The summed E-state index contributed by atoms with van der Waals surface area (Å²) in [6, 6.07) is -0.332. The van der Waals surface area contributed by atoms with Gasteiger partial charge in [-0.15, -0.1) is 0 Å². The Balaban J connectivity index is 1.37. The molecule has 0 aliphatic carbocycles. The van der Waals surface area contributed by atoms with E-state index in [9.17, 15) is 9.90 Å². The third kappa shape index (κ3) is 3.67. The molecule has 2 unspecified atom stereocenters. The molecule has 2 aromatic rings. The number of pyridine rings is 1. The molecular formula is C25H32ClFN6O3. The van der Waals surface area contributed by atoms with Crippen molar-refractivity contribution in [2.24, 2.45) is 11.8 Å². The molecule has 2 aromatic heterocycles. The first-order valence-electron chi connectivity index (χ1n) is 12.8. The molecule has 1 amide bonds. The highest BCUT2D eigenvalue weighted by atomic mass is 35.5. The molecule has 9 nitrogen and oxygen atoms in total. The highest BCUT2D eigenvalue weighted by Crippen LogP contribution is 2.44. The van der Waals surface area contributed by atoms with Gasteiger partial charge in [0.25, 0.3) is 0 Å². The number of nitrogens with zero attached hydrogens (tertiary/aromatic N) is 6. The normalized spacial score (nSPS) is 34.0. The Bertz CT molecular complexity index is 1200. The van der Waals surface area contributed by atoms with Gasteiger partial charge in [-0.25, -0.2) is 14.2 Å². The molecule has 0 aromatic carbocycles. The number of ether oxygens (including phenoxy) is 1. The topological polar surface area (TPSA) is 94.9 Å². The minimum absolute atomic E-state index is 0.0503. The van der Waals surface area contributed by atoms with Crippen LogP contribution in [0.25, 0.3) is 10.9 Å². The van der Waals surface area contributed by atoms with E-state index in [0.29, 0.717) is 36.2 Å². The molecule has 4 fully saturated rings. The van der Waals surface area contributed by atoms with Crippen molar-refractivity contribution in [2.45, 2.75) is 70.1 Å². The van der Waals surface area contributed by atoms with Crippen molar-refractivity contribution in [1.29, 1.82) is 0 Å². The number of hydrogen-bond donors (Lipinski definition) is 1. The van der Waals surface area contributed by atoms with E-state index >= 15 is 4.39 Å². The second-order valence-electron chi connectivity index (χ2n) is 11.4. The monoisotopic (exact) mass is 518 g/mol. The summed E-state index contributed by atoms with van der Waals surface area (Å²) in [7, 11) is 0. The van der Waals surface area contributed by atoms with Crippen molar-refractivity contribution in [3.05, 3.63) is 17.2 Å². The van der Waals surface area contributed by atoms with E-state index in [0.717, 1.165) is 38.8 Å². The Morgan fingerprint density at radius 2 is 1.92 bits per heavy atom. The Hall–Kier alpha value is -2.46. The van der Waals surface area contributed by atoms with E-state index in [4.69, 9.17) is 21.3 Å². The van der Waals surface area contributed by atoms with Gasteiger partial charge in [0.1, 0.15) is 17.9 Å². The number of carboxylic acid groups (broad SMARTS) is 1. The van der Waals surface area contributed by atoms with Gasteiger partial charge in [-0.05, 0) is 44.4 Å². The molecule has 4 aliphatic rings. The predicted octanol–water partition coefficient (Wildman–Crippen LogP) is 4.04. The van der Waals surface area contributed by atoms with Gasteiger partial charge < -0.3 is 14.7 Å². The number of aromatic nitrogens is 3. The molecule has 5 atom stereocenters. The van der Waals surface area contributed by atoms with Crippen LogP contribution in [0.15, 0.2) is 6.20 Å². The molecule has 1 N–H and O–H groups in total. The summed E-state index contributed by atoms with van der Waals surface area (Å²) < 4.78 is 21.4. The standard InChI is InChI=1S/C25H32ClFN6O3/c1-13-6-25(7-14(2)10-31(25)9-13)12-36-23-29-20-17(8-28-21(26)19(20)27)22(30-23)32-11-16-4-5-18(15(32)3)33(16)24(34)35/h8,13-16,18H,4-7,9-12H2,1-3H3,(H,34,35)/t13?,14?,15-,16+,18-,25?/m1/s1. The first-order chi connectivity index (χ1) is 17.2. The number of amides is 1. The second-order valence-corrected chi connectivity index (χ2v) is 11.7. The van der Waals surface area contributed by atoms with Crippen molar-refractivity contribution in [3.8, 4) is 6.01 Å². The second kappa shape index (κ2) is 8.55. The summed E-state index contributed by atoms with van der Waals surface area (Å²) in [4.78, 5) is 31.3. The summed E-state index contributed by atoms with van der Waals surface area (Å²) in [5.74, 6) is 1.00. The number of hydrogen-bond acceptors (Lipinski definition) is 7. The zero-order valence-electron chi connectivity index (χ0n) is 20.8. The number of halogens is 2. The van der Waals surface area contributed by atoms with E-state index in [1.807, 2.05) is 6.92 Å². The smallest absolute Gasteiger partial charge is 0.407 e. The van der Waals surface area contributed by atoms with Crippen molar-refractivity contribution in [1.82, 2.24) is 24.8 Å². The summed E-state index contributed by atoms with van der Waals surface area (Å²) in [5, 5.41) is 9.94. The Kier molecular flexibility index (Phi) is 5.68. The lowest BCUT2D eigenvalue weighted by Gasteiger charge is -2.45. The van der Waals surface area contributed by atoms with E-state index < -0.39 is 11.9 Å². The van der Waals surface area contributed by atoms with Gasteiger partial charge in [0.15, 0.2) is 11.0 Å². The fraction of sp³-hybridized carbons (Fsp3) is 0.680. The minimum atomic E-state index is -0.898. The van der Waals surface area contributed by atoms with Crippen molar-refractivity contribution < 1.29 is 19.0 Å². The van der Waals surface area contributed by atoms with Gasteiger partial charge in [-0.2, -0.15) is 9.97 Å². The molecule has 0 radical (unpaired) electrons. The van der Waals surface area contributed by atoms with Gasteiger partial charge in [0, 0.05) is 31.9 Å².